The summed E-state index contributed by atoms with van der Waals surface area (Å²) in [5.74, 6) is -0.174. The van der Waals surface area contributed by atoms with E-state index in [0.717, 1.165) is 15.0 Å². The molecule has 0 N–H and O–H groups in total. The zero-order valence-electron chi connectivity index (χ0n) is 5.54. The molecule has 1 heterocycles. The minimum absolute atomic E-state index is 0.174. The molecule has 1 amide bonds. The Morgan fingerprint density at radius 1 is 1.36 bits per heavy atom. The number of halogens is 1. The summed E-state index contributed by atoms with van der Waals surface area (Å²) in [6.45, 7) is 0. The van der Waals surface area contributed by atoms with Crippen molar-refractivity contribution in [3.63, 3.8) is 0 Å². The Kier molecular flexibility index (Phi) is 1.39. The Bertz CT molecular complexity index is 436. The van der Waals surface area contributed by atoms with Gasteiger partial charge in [-0.1, -0.05) is 22.0 Å². The van der Waals surface area contributed by atoms with Gasteiger partial charge < -0.3 is 0 Å². The molecule has 0 fully saturated rings. The van der Waals surface area contributed by atoms with Gasteiger partial charge in [-0.15, -0.1) is 0 Å². The number of rotatable bonds is 0. The van der Waals surface area contributed by atoms with Crippen molar-refractivity contribution in [3.8, 4) is 0 Å². The summed E-state index contributed by atoms with van der Waals surface area (Å²) in [4.78, 5) is 14.6. The van der Waals surface area contributed by atoms with Gasteiger partial charge in [0.1, 0.15) is 0 Å². The zero-order valence-corrected chi connectivity index (χ0v) is 7.13. The topological polar surface area (TPSA) is 29.4 Å². The van der Waals surface area contributed by atoms with Gasteiger partial charge in [-0.05, 0) is 12.1 Å². The van der Waals surface area contributed by atoms with E-state index in [1.165, 1.54) is 6.08 Å². The van der Waals surface area contributed by atoms with Crippen LogP contribution in [-0.4, -0.2) is 5.91 Å². The fourth-order valence-corrected chi connectivity index (χ4v) is 1.51. The van der Waals surface area contributed by atoms with Gasteiger partial charge in [-0.2, -0.15) is 0 Å². The van der Waals surface area contributed by atoms with Gasteiger partial charge >= 0.3 is 0 Å². The molecule has 2 rings (SSSR count). The molecule has 3 heteroatoms. The average Bonchev–Trinajstić information content (AvgIpc) is 2.31. The van der Waals surface area contributed by atoms with Crippen molar-refractivity contribution in [2.75, 3.05) is 0 Å². The smallest absolute Gasteiger partial charge is 0.267 e. The molecule has 11 heavy (non-hydrogen) atoms. The molecule has 0 aromatic heterocycles. The second kappa shape index (κ2) is 2.27. The maximum absolute atomic E-state index is 10.8. The second-order valence-corrected chi connectivity index (χ2v) is 3.12. The van der Waals surface area contributed by atoms with Crippen molar-refractivity contribution in [2.24, 2.45) is 4.99 Å². The molecule has 0 bridgehead atoms. The third kappa shape index (κ3) is 1.01. The predicted octanol–water partition coefficient (Wildman–Crippen LogP) is 0.389. The van der Waals surface area contributed by atoms with E-state index in [1.807, 2.05) is 18.2 Å². The van der Waals surface area contributed by atoms with Crippen LogP contribution < -0.4 is 10.6 Å². The number of hydrogen-bond donors (Lipinski definition) is 0. The van der Waals surface area contributed by atoms with Crippen LogP contribution in [0.3, 0.4) is 0 Å². The van der Waals surface area contributed by atoms with Crippen LogP contribution in [0.1, 0.15) is 0 Å². The molecule has 54 valence electrons. The molecule has 0 saturated carbocycles. The largest absolute Gasteiger partial charge is 0.270 e. The highest BCUT2D eigenvalue weighted by molar-refractivity contribution is 9.10. The van der Waals surface area contributed by atoms with E-state index < -0.39 is 0 Å². The lowest BCUT2D eigenvalue weighted by Crippen LogP contribution is -2.21. The van der Waals surface area contributed by atoms with Gasteiger partial charge in [0.05, 0.1) is 5.36 Å². The summed E-state index contributed by atoms with van der Waals surface area (Å²) in [6, 6.07) is 5.57. The number of amides is 1. The number of carbonyl (C=O) groups is 1. The van der Waals surface area contributed by atoms with Crippen LogP contribution in [0.25, 0.3) is 6.08 Å². The van der Waals surface area contributed by atoms with Crippen molar-refractivity contribution in [3.05, 3.63) is 33.2 Å². The lowest BCUT2D eigenvalue weighted by Gasteiger charge is -1.85. The number of benzene rings is 1. The molecule has 0 saturated heterocycles. The number of carbonyl (C=O) groups excluding carboxylic acids is 1. The van der Waals surface area contributed by atoms with Gasteiger partial charge in [0, 0.05) is 15.8 Å². The van der Waals surface area contributed by atoms with Crippen LogP contribution >= 0.6 is 15.9 Å². The first kappa shape index (κ1) is 6.73. The summed E-state index contributed by atoms with van der Waals surface area (Å²) in [5, 5.41) is 1.64. The Morgan fingerprint density at radius 3 is 2.91 bits per heavy atom. The van der Waals surface area contributed by atoms with E-state index in [0.29, 0.717) is 0 Å². The predicted molar refractivity (Wildman–Crippen MR) is 44.4 cm³/mol. The van der Waals surface area contributed by atoms with Crippen LogP contribution in [0.2, 0.25) is 0 Å². The lowest BCUT2D eigenvalue weighted by atomic mass is 10.3. The highest BCUT2D eigenvalue weighted by Crippen LogP contribution is 2.00. The van der Waals surface area contributed by atoms with E-state index in [2.05, 4.69) is 20.9 Å². The fourth-order valence-electron chi connectivity index (χ4n) is 1.04. The van der Waals surface area contributed by atoms with Gasteiger partial charge in [-0.25, -0.2) is 4.99 Å². The molecule has 1 aliphatic heterocycles. The standard InChI is InChI=1S/C8H4BrNO/c9-6-2-1-3-7-5(6)4-8(11)10-7/h1-4H. The summed E-state index contributed by atoms with van der Waals surface area (Å²) in [5.41, 5.74) is 0. The van der Waals surface area contributed by atoms with E-state index in [-0.39, 0.29) is 5.91 Å². The van der Waals surface area contributed by atoms with Crippen LogP contribution in [-0.2, 0) is 4.79 Å². The molecular formula is C8H4BrNO. The van der Waals surface area contributed by atoms with Crippen molar-refractivity contribution in [2.45, 2.75) is 0 Å². The molecule has 0 spiro atoms. The third-order valence-electron chi connectivity index (χ3n) is 1.53. The zero-order chi connectivity index (χ0) is 7.84. The van der Waals surface area contributed by atoms with Crippen LogP contribution in [0.5, 0.6) is 0 Å². The van der Waals surface area contributed by atoms with Crippen LogP contribution in [0.4, 0.5) is 0 Å². The molecule has 1 aliphatic rings. The van der Waals surface area contributed by atoms with Crippen molar-refractivity contribution in [1.29, 1.82) is 0 Å². The summed E-state index contributed by atoms with van der Waals surface area (Å²) in [7, 11) is 0. The first-order valence-corrected chi connectivity index (χ1v) is 3.95. The van der Waals surface area contributed by atoms with E-state index in [1.54, 1.807) is 0 Å². The molecule has 0 radical (unpaired) electrons. The Balaban J connectivity index is 2.97. The van der Waals surface area contributed by atoms with Gasteiger partial charge in [0.15, 0.2) is 0 Å². The third-order valence-corrected chi connectivity index (χ3v) is 2.22. The van der Waals surface area contributed by atoms with Gasteiger partial charge in [0.2, 0.25) is 0 Å². The number of fused-ring (bicyclic) bond motifs is 1. The first-order chi connectivity index (χ1) is 5.27. The molecule has 1 aromatic rings. The van der Waals surface area contributed by atoms with Crippen molar-refractivity contribution >= 4 is 27.9 Å². The molecule has 0 aliphatic carbocycles. The van der Waals surface area contributed by atoms with E-state index >= 15 is 0 Å². The Hall–Kier alpha value is -0.960. The van der Waals surface area contributed by atoms with E-state index in [9.17, 15) is 4.79 Å². The summed E-state index contributed by atoms with van der Waals surface area (Å²) >= 11 is 3.33. The minimum atomic E-state index is -0.174. The number of hydrogen-bond acceptors (Lipinski definition) is 1. The van der Waals surface area contributed by atoms with Crippen molar-refractivity contribution in [1.82, 2.24) is 0 Å². The second-order valence-electron chi connectivity index (χ2n) is 2.27. The average molecular weight is 210 g/mol. The van der Waals surface area contributed by atoms with Crippen LogP contribution in [0.15, 0.2) is 27.7 Å². The van der Waals surface area contributed by atoms with Gasteiger partial charge in [-0.3, -0.25) is 4.79 Å². The molecule has 2 nitrogen and oxygen atoms in total. The van der Waals surface area contributed by atoms with Crippen LogP contribution in [0, 0.1) is 0 Å². The molecule has 0 unspecified atom stereocenters. The Morgan fingerprint density at radius 2 is 2.18 bits per heavy atom. The highest BCUT2D eigenvalue weighted by atomic mass is 79.9. The monoisotopic (exact) mass is 209 g/mol. The maximum atomic E-state index is 10.8. The SMILES string of the molecule is O=C1C=c2c(Br)cccc2=N1. The molecule has 1 aromatic carbocycles. The fraction of sp³-hybridized carbons (Fsp3) is 0. The van der Waals surface area contributed by atoms with E-state index in [4.69, 9.17) is 0 Å². The van der Waals surface area contributed by atoms with Gasteiger partial charge in [0.25, 0.3) is 5.91 Å². The summed E-state index contributed by atoms with van der Waals surface area (Å²) in [6.07, 6.45) is 1.53. The normalized spacial score (nSPS) is 13.7. The lowest BCUT2D eigenvalue weighted by molar-refractivity contribution is -0.112. The van der Waals surface area contributed by atoms with Crippen molar-refractivity contribution < 1.29 is 4.79 Å². The minimum Gasteiger partial charge on any atom is -0.267 e. The summed E-state index contributed by atoms with van der Waals surface area (Å²) < 4.78 is 0.921. The molecular weight excluding hydrogens is 206 g/mol. The first-order valence-electron chi connectivity index (χ1n) is 3.16. The Labute approximate surface area is 71.4 Å². The molecule has 0 atom stereocenters. The highest BCUT2D eigenvalue weighted by Gasteiger charge is 2.03. The quantitative estimate of drug-likeness (QED) is 0.609. The number of nitrogens with zero attached hydrogens (tertiary/aromatic N) is 1. The maximum Gasteiger partial charge on any atom is 0.270 e.